The number of carbonyl (C=O) groups excluding carboxylic acids is 1. The monoisotopic (exact) mass is 533 g/mol. The summed E-state index contributed by atoms with van der Waals surface area (Å²) >= 11 is 0. The van der Waals surface area contributed by atoms with E-state index in [0.717, 1.165) is 47.3 Å². The van der Waals surface area contributed by atoms with Crippen LogP contribution in [0.5, 0.6) is 5.75 Å². The molecular weight excluding hydrogens is 503 g/mol. The third-order valence-corrected chi connectivity index (χ3v) is 7.97. The number of nitrogens with two attached hydrogens (primary N) is 1. The first-order valence-corrected chi connectivity index (χ1v) is 12.1. The van der Waals surface area contributed by atoms with Gasteiger partial charge in [0.1, 0.15) is 5.75 Å². The smallest absolute Gasteiger partial charge is 0.490 e. The van der Waals surface area contributed by atoms with Crippen molar-refractivity contribution in [1.29, 1.82) is 0 Å². The van der Waals surface area contributed by atoms with E-state index < -0.39 is 23.3 Å². The van der Waals surface area contributed by atoms with Gasteiger partial charge in [-0.3, -0.25) is 9.69 Å². The van der Waals surface area contributed by atoms with Crippen LogP contribution in [0.4, 0.5) is 13.2 Å². The fourth-order valence-corrected chi connectivity index (χ4v) is 5.80. The molecule has 3 aliphatic rings. The van der Waals surface area contributed by atoms with E-state index in [1.54, 1.807) is 14.2 Å². The van der Waals surface area contributed by atoms with E-state index in [9.17, 15) is 23.1 Å². The minimum absolute atomic E-state index is 0.0620. The van der Waals surface area contributed by atoms with Crippen molar-refractivity contribution in [2.75, 3.05) is 14.2 Å². The van der Waals surface area contributed by atoms with Crippen molar-refractivity contribution in [2.24, 2.45) is 16.1 Å². The largest absolute Gasteiger partial charge is 0.497 e. The van der Waals surface area contributed by atoms with Gasteiger partial charge in [-0.05, 0) is 79.5 Å². The van der Waals surface area contributed by atoms with Crippen molar-refractivity contribution in [1.82, 2.24) is 4.90 Å². The van der Waals surface area contributed by atoms with E-state index in [4.69, 9.17) is 25.4 Å². The number of hydrogen-bond donors (Lipinski definition) is 3. The number of hydrogen-bond acceptors (Lipinski definition) is 6. The lowest BCUT2D eigenvalue weighted by molar-refractivity contribution is -0.192. The molecule has 0 radical (unpaired) electrons. The van der Waals surface area contributed by atoms with Crippen LogP contribution in [0.25, 0.3) is 11.1 Å². The molecule has 0 bridgehead atoms. The Kier molecular flexibility index (Phi) is 6.71. The highest BCUT2D eigenvalue weighted by molar-refractivity contribution is 6.08. The van der Waals surface area contributed by atoms with Gasteiger partial charge in [-0.15, -0.1) is 0 Å². The number of methoxy groups -OCH3 is 1. The summed E-state index contributed by atoms with van der Waals surface area (Å²) in [6.07, 6.45) is -1.54. The highest BCUT2D eigenvalue weighted by Crippen LogP contribution is 2.62. The molecule has 1 atom stereocenters. The number of guanidine groups is 1. The standard InChI is InChI=1S/C25H29N3O3.C2HF3O2/c1-23(30)9-11-24(12-10-23)15-18-8-7-17(16-5-4-6-19(13-16)31-3)14-20(18)25(24)21(29)28(2)22(26)27-25;3-2(4,5)1(6)7/h4-8,13-14,30H,9-12,15H2,1-3H3,(H2,26,27);(H,6,7). The Morgan fingerprint density at radius 2 is 1.71 bits per heavy atom. The fraction of sp³-hybridized carbons (Fsp3) is 0.444. The first-order valence-electron chi connectivity index (χ1n) is 12.1. The van der Waals surface area contributed by atoms with Gasteiger partial charge in [-0.25, -0.2) is 9.79 Å². The van der Waals surface area contributed by atoms with E-state index in [0.29, 0.717) is 12.8 Å². The highest BCUT2D eigenvalue weighted by Gasteiger charge is 2.66. The number of benzene rings is 2. The van der Waals surface area contributed by atoms with Gasteiger partial charge in [0.2, 0.25) is 0 Å². The molecule has 204 valence electrons. The minimum atomic E-state index is -5.08. The first kappa shape index (κ1) is 27.4. The van der Waals surface area contributed by atoms with E-state index in [-0.39, 0.29) is 17.3 Å². The topological polar surface area (TPSA) is 125 Å². The fourth-order valence-electron chi connectivity index (χ4n) is 5.80. The normalized spacial score (nSPS) is 28.1. The number of halogens is 3. The maximum atomic E-state index is 13.7. The van der Waals surface area contributed by atoms with Gasteiger partial charge in [0.15, 0.2) is 11.5 Å². The molecule has 2 aromatic rings. The Morgan fingerprint density at radius 3 is 2.24 bits per heavy atom. The number of nitrogens with zero attached hydrogens (tertiary/aromatic N) is 2. The minimum Gasteiger partial charge on any atom is -0.497 e. The Bertz CT molecular complexity index is 1300. The van der Waals surface area contributed by atoms with Crippen LogP contribution >= 0.6 is 0 Å². The summed E-state index contributed by atoms with van der Waals surface area (Å²) in [6, 6.07) is 14.3. The number of carbonyl (C=O) groups is 2. The van der Waals surface area contributed by atoms with Crippen molar-refractivity contribution >= 4 is 17.8 Å². The molecule has 0 saturated heterocycles. The summed E-state index contributed by atoms with van der Waals surface area (Å²) < 4.78 is 37.1. The van der Waals surface area contributed by atoms with Crippen LogP contribution in [0.15, 0.2) is 47.5 Å². The Hall–Kier alpha value is -3.60. The van der Waals surface area contributed by atoms with Crippen LogP contribution in [0, 0.1) is 5.41 Å². The molecule has 5 rings (SSSR count). The Morgan fingerprint density at radius 1 is 1.11 bits per heavy atom. The van der Waals surface area contributed by atoms with Gasteiger partial charge < -0.3 is 20.7 Å². The second-order valence-corrected chi connectivity index (χ2v) is 10.4. The van der Waals surface area contributed by atoms with E-state index in [1.165, 1.54) is 4.90 Å². The zero-order valence-corrected chi connectivity index (χ0v) is 21.3. The van der Waals surface area contributed by atoms with Gasteiger partial charge in [-0.2, -0.15) is 13.2 Å². The molecule has 11 heteroatoms. The predicted molar refractivity (Wildman–Crippen MR) is 133 cm³/mol. The molecule has 38 heavy (non-hydrogen) atoms. The number of amides is 1. The van der Waals surface area contributed by atoms with Crippen LogP contribution < -0.4 is 10.5 Å². The summed E-state index contributed by atoms with van der Waals surface area (Å²) in [5.74, 6) is -1.76. The van der Waals surface area contributed by atoms with E-state index in [1.807, 2.05) is 31.2 Å². The summed E-state index contributed by atoms with van der Waals surface area (Å²) in [5.41, 5.74) is 8.26. The molecule has 1 fully saturated rings. The molecule has 0 aromatic heterocycles. The number of ether oxygens (including phenoxy) is 1. The molecule has 1 saturated carbocycles. The Labute approximate surface area is 217 Å². The van der Waals surface area contributed by atoms with Crippen molar-refractivity contribution in [3.8, 4) is 16.9 Å². The molecule has 1 unspecified atom stereocenters. The van der Waals surface area contributed by atoms with Gasteiger partial charge in [0, 0.05) is 12.5 Å². The van der Waals surface area contributed by atoms with E-state index in [2.05, 4.69) is 18.2 Å². The van der Waals surface area contributed by atoms with Crippen LogP contribution in [0.2, 0.25) is 0 Å². The quantitative estimate of drug-likeness (QED) is 0.539. The lowest BCUT2D eigenvalue weighted by Crippen LogP contribution is -2.52. The highest BCUT2D eigenvalue weighted by atomic mass is 19.4. The third kappa shape index (κ3) is 4.48. The summed E-state index contributed by atoms with van der Waals surface area (Å²) in [6.45, 7) is 1.88. The predicted octanol–water partition coefficient (Wildman–Crippen LogP) is 3.85. The zero-order chi connectivity index (χ0) is 28.1. The number of aliphatic imine (C=N–C) groups is 1. The van der Waals surface area contributed by atoms with Crippen LogP contribution in [-0.2, 0) is 21.5 Å². The number of likely N-dealkylation sites (N-methyl/N-ethyl adjacent to an activating group) is 1. The Balaban J connectivity index is 0.000000426. The molecule has 1 amide bonds. The molecule has 8 nitrogen and oxygen atoms in total. The number of alkyl halides is 3. The number of aliphatic hydroxyl groups is 1. The van der Waals surface area contributed by atoms with Gasteiger partial charge in [0.05, 0.1) is 12.7 Å². The van der Waals surface area contributed by atoms with Crippen molar-refractivity contribution in [3.05, 3.63) is 53.6 Å². The van der Waals surface area contributed by atoms with Crippen molar-refractivity contribution in [3.63, 3.8) is 0 Å². The third-order valence-electron chi connectivity index (χ3n) is 7.97. The maximum Gasteiger partial charge on any atom is 0.490 e. The lowest BCUT2D eigenvalue weighted by atomic mass is 9.59. The summed E-state index contributed by atoms with van der Waals surface area (Å²) in [7, 11) is 3.36. The molecule has 2 aliphatic carbocycles. The average molecular weight is 534 g/mol. The number of aliphatic carboxylic acids is 1. The number of carboxylic acids is 1. The SMILES string of the molecule is COc1cccc(-c2ccc3c(c2)C2(N=C(N)N(C)C2=O)C2(CCC(C)(O)CC2)C3)c1.O=C(O)C(F)(F)F. The molecule has 2 spiro atoms. The second kappa shape index (κ2) is 9.30. The second-order valence-electron chi connectivity index (χ2n) is 10.4. The van der Waals surface area contributed by atoms with Crippen LogP contribution in [0.3, 0.4) is 0 Å². The van der Waals surface area contributed by atoms with Gasteiger partial charge >= 0.3 is 12.1 Å². The van der Waals surface area contributed by atoms with E-state index >= 15 is 0 Å². The summed E-state index contributed by atoms with van der Waals surface area (Å²) in [5, 5.41) is 17.7. The molecule has 4 N–H and O–H groups in total. The van der Waals surface area contributed by atoms with Crippen LogP contribution in [-0.4, -0.2) is 58.9 Å². The van der Waals surface area contributed by atoms with Gasteiger partial charge in [0.25, 0.3) is 5.91 Å². The first-order chi connectivity index (χ1) is 17.7. The number of fused-ring (bicyclic) bond motifs is 3. The average Bonchev–Trinajstić information content (AvgIpc) is 3.27. The molecular formula is C27H30F3N3O5. The van der Waals surface area contributed by atoms with Crippen molar-refractivity contribution in [2.45, 2.75) is 56.3 Å². The zero-order valence-electron chi connectivity index (χ0n) is 21.3. The molecule has 1 aliphatic heterocycles. The van der Waals surface area contributed by atoms with Crippen LogP contribution in [0.1, 0.15) is 43.7 Å². The molecule has 1 heterocycles. The van der Waals surface area contributed by atoms with Crippen molar-refractivity contribution < 1.29 is 37.7 Å². The number of carboxylic acid groups (broad SMARTS) is 1. The summed E-state index contributed by atoms with van der Waals surface area (Å²) in [4.78, 5) is 29.0. The maximum absolute atomic E-state index is 13.7. The lowest BCUT2D eigenvalue weighted by Gasteiger charge is -2.47. The number of rotatable bonds is 2. The molecule has 2 aromatic carbocycles. The van der Waals surface area contributed by atoms with Gasteiger partial charge in [-0.1, -0.05) is 24.3 Å².